The lowest BCUT2D eigenvalue weighted by Gasteiger charge is -2.07. The first-order valence-corrected chi connectivity index (χ1v) is 15.0. The lowest BCUT2D eigenvalue weighted by atomic mass is 9.99. The van der Waals surface area contributed by atoms with E-state index in [0.29, 0.717) is 5.56 Å². The van der Waals surface area contributed by atoms with Crippen LogP contribution in [0, 0.1) is 0 Å². The van der Waals surface area contributed by atoms with Crippen LogP contribution in [-0.4, -0.2) is 9.97 Å². The topological polar surface area (TPSA) is 25.8 Å². The fourth-order valence-electron chi connectivity index (χ4n) is 5.67. The van der Waals surface area contributed by atoms with Crippen LogP contribution >= 0.6 is 22.7 Å². The van der Waals surface area contributed by atoms with Crippen molar-refractivity contribution in [2.75, 3.05) is 0 Å². The first-order valence-electron chi connectivity index (χ1n) is 16.9. The molecule has 9 rings (SSSR count). The fraction of sp³-hybridized carbons (Fsp3) is 0. The van der Waals surface area contributed by atoms with E-state index in [0.717, 1.165) is 37.1 Å². The molecule has 0 fully saturated rings. The van der Waals surface area contributed by atoms with Crippen molar-refractivity contribution in [3.8, 4) is 33.5 Å². The zero-order chi connectivity index (χ0) is 33.7. The molecule has 9 aromatic rings. The lowest BCUT2D eigenvalue weighted by Crippen LogP contribution is -1.87. The molecule has 0 aliphatic heterocycles. The summed E-state index contributed by atoms with van der Waals surface area (Å²) in [6, 6.07) is 26.3. The van der Waals surface area contributed by atoms with Crippen LogP contribution in [0.15, 0.2) is 134 Å². The third kappa shape index (κ3) is 3.69. The number of nitrogens with zero attached hydrogens (tertiary/aromatic N) is 2. The van der Waals surface area contributed by atoms with Crippen LogP contribution in [0.5, 0.6) is 0 Å². The van der Waals surface area contributed by atoms with Gasteiger partial charge in [0.25, 0.3) is 0 Å². The van der Waals surface area contributed by atoms with Gasteiger partial charge in [0.15, 0.2) is 0 Å². The predicted molar refractivity (Wildman–Crippen MR) is 182 cm³/mol. The van der Waals surface area contributed by atoms with Crippen LogP contribution in [0.2, 0.25) is 0 Å². The maximum Gasteiger partial charge on any atom is 0.116 e. The summed E-state index contributed by atoms with van der Waals surface area (Å²) >= 11 is 3.36. The zero-order valence-corrected chi connectivity index (χ0v) is 23.5. The summed E-state index contributed by atoms with van der Waals surface area (Å²) in [7, 11) is 0. The molecule has 0 aliphatic carbocycles. The minimum absolute atomic E-state index is 0.0619. The van der Waals surface area contributed by atoms with Crippen molar-refractivity contribution in [1.29, 1.82) is 0 Å². The maximum atomic E-state index is 9.00. The highest BCUT2D eigenvalue weighted by molar-refractivity contribution is 7.26. The second-order valence-corrected chi connectivity index (χ2v) is 12.2. The average molecular weight is 578 g/mol. The van der Waals surface area contributed by atoms with E-state index < -0.39 is 18.1 Å². The van der Waals surface area contributed by atoms with E-state index in [2.05, 4.69) is 71.7 Å². The lowest BCUT2D eigenvalue weighted by molar-refractivity contribution is 1.24. The van der Waals surface area contributed by atoms with Gasteiger partial charge in [0.2, 0.25) is 0 Å². The third-order valence-electron chi connectivity index (χ3n) is 7.64. The molecule has 0 bridgehead atoms. The normalized spacial score (nSPS) is 14.1. The summed E-state index contributed by atoms with van der Waals surface area (Å²) in [5.41, 5.74) is 5.39. The molecule has 6 aromatic carbocycles. The Kier molecular flexibility index (Phi) is 3.95. The summed E-state index contributed by atoms with van der Waals surface area (Å²) in [5, 5.41) is 3.13. The number of aromatic nitrogens is 2. The number of thiophene rings is 2. The van der Waals surface area contributed by atoms with Gasteiger partial charge >= 0.3 is 0 Å². The molecule has 0 unspecified atom stereocenters. The standard InChI is InChI=1S/C38H22N2S2/c1-2-8-24-19-25(16-15-23(24)7-1)26-17-18-34-32(21-26)36-38(42-34)35(39-22-40-36)28-10-5-9-27(20-28)29-12-6-13-31-30-11-3-4-14-33(30)41-37(29)31/h1-22H/i1D,2D,7D,8D,15D,16D,19D. The van der Waals surface area contributed by atoms with Gasteiger partial charge in [-0.25, -0.2) is 9.97 Å². The largest absolute Gasteiger partial charge is 0.235 e. The van der Waals surface area contributed by atoms with E-state index in [1.165, 1.54) is 25.7 Å². The first-order chi connectivity index (χ1) is 23.7. The van der Waals surface area contributed by atoms with Gasteiger partial charge in [-0.3, -0.25) is 0 Å². The molecule has 196 valence electrons. The van der Waals surface area contributed by atoms with Gasteiger partial charge in [-0.05, 0) is 63.3 Å². The van der Waals surface area contributed by atoms with Gasteiger partial charge in [-0.1, -0.05) is 96.9 Å². The summed E-state index contributed by atoms with van der Waals surface area (Å²) in [4.78, 5) is 9.40. The van der Waals surface area contributed by atoms with Crippen molar-refractivity contribution in [3.63, 3.8) is 0 Å². The Balaban J connectivity index is 1.21. The van der Waals surface area contributed by atoms with Gasteiger partial charge < -0.3 is 0 Å². The highest BCUT2D eigenvalue weighted by Gasteiger charge is 2.16. The van der Waals surface area contributed by atoms with Gasteiger partial charge in [0, 0.05) is 35.8 Å². The molecule has 2 nitrogen and oxygen atoms in total. The van der Waals surface area contributed by atoms with Crippen LogP contribution in [-0.2, 0) is 0 Å². The SMILES string of the molecule is [2H]c1c([2H])c([2H])c2c([2H])c(-c3ccc4sc5c(-c6cccc(-c7cccc8c7sc7ccccc78)c6)ncnc5c4c3)c([2H])c([2H])c2c1[2H]. The van der Waals surface area contributed by atoms with Gasteiger partial charge in [0.1, 0.15) is 6.33 Å². The molecule has 0 saturated heterocycles. The quantitative estimate of drug-likeness (QED) is 0.209. The molecule has 3 heterocycles. The van der Waals surface area contributed by atoms with E-state index in [-0.39, 0.29) is 40.5 Å². The Bertz CT molecular complexity index is 2880. The van der Waals surface area contributed by atoms with E-state index >= 15 is 0 Å². The highest BCUT2D eigenvalue weighted by atomic mass is 32.1. The molecule has 4 heteroatoms. The molecule has 0 radical (unpaired) electrons. The highest BCUT2D eigenvalue weighted by Crippen LogP contribution is 2.42. The maximum absolute atomic E-state index is 9.00. The Labute approximate surface area is 260 Å². The Hall–Kier alpha value is -4.90. The van der Waals surface area contributed by atoms with Crippen molar-refractivity contribution < 1.29 is 9.60 Å². The van der Waals surface area contributed by atoms with Crippen LogP contribution in [0.4, 0.5) is 0 Å². The molecule has 0 spiro atoms. The monoisotopic (exact) mass is 577 g/mol. The molecule has 3 aromatic heterocycles. The molecule has 0 saturated carbocycles. The van der Waals surface area contributed by atoms with Gasteiger partial charge in [-0.15, -0.1) is 22.7 Å². The van der Waals surface area contributed by atoms with Crippen LogP contribution in [0.25, 0.3) is 84.8 Å². The molecule has 0 amide bonds. The second kappa shape index (κ2) is 9.31. The molecule has 0 atom stereocenters. The van der Waals surface area contributed by atoms with Crippen molar-refractivity contribution in [2.24, 2.45) is 0 Å². The summed E-state index contributed by atoms with van der Waals surface area (Å²) < 4.78 is 63.9. The average Bonchev–Trinajstić information content (AvgIpc) is 3.70. The number of benzene rings is 6. The molecule has 0 N–H and O–H groups in total. The Morgan fingerprint density at radius 3 is 2.33 bits per heavy atom. The third-order valence-corrected chi connectivity index (χ3v) is 10.0. The van der Waals surface area contributed by atoms with Gasteiger partial charge in [0.05, 0.1) is 25.5 Å². The zero-order valence-electron chi connectivity index (χ0n) is 28.9. The van der Waals surface area contributed by atoms with Crippen molar-refractivity contribution in [3.05, 3.63) is 134 Å². The van der Waals surface area contributed by atoms with E-state index in [4.69, 9.17) is 14.6 Å². The first kappa shape index (κ1) is 17.8. The van der Waals surface area contributed by atoms with Crippen molar-refractivity contribution in [1.82, 2.24) is 9.97 Å². The number of fused-ring (bicyclic) bond motifs is 7. The Morgan fingerprint density at radius 1 is 0.548 bits per heavy atom. The van der Waals surface area contributed by atoms with Crippen LogP contribution in [0.1, 0.15) is 9.60 Å². The summed E-state index contributed by atoms with van der Waals surface area (Å²) in [5.74, 6) is 0. The van der Waals surface area contributed by atoms with E-state index in [1.807, 2.05) is 12.1 Å². The number of hydrogen-bond donors (Lipinski definition) is 0. The molecular weight excluding hydrogens is 549 g/mol. The fourth-order valence-corrected chi connectivity index (χ4v) is 8.06. The number of hydrogen-bond acceptors (Lipinski definition) is 4. The smallest absolute Gasteiger partial charge is 0.116 e. The molecule has 0 aliphatic rings. The Morgan fingerprint density at radius 2 is 1.36 bits per heavy atom. The minimum Gasteiger partial charge on any atom is -0.235 e. The van der Waals surface area contributed by atoms with E-state index in [1.54, 1.807) is 35.1 Å². The molecule has 42 heavy (non-hydrogen) atoms. The van der Waals surface area contributed by atoms with Crippen LogP contribution in [0.3, 0.4) is 0 Å². The van der Waals surface area contributed by atoms with Crippen molar-refractivity contribution >= 4 is 73.9 Å². The minimum atomic E-state index is -0.484. The summed E-state index contributed by atoms with van der Waals surface area (Å²) in [6.45, 7) is 0. The second-order valence-electron chi connectivity index (χ2n) is 10.1. The van der Waals surface area contributed by atoms with Crippen LogP contribution < -0.4 is 0 Å². The van der Waals surface area contributed by atoms with Crippen molar-refractivity contribution in [2.45, 2.75) is 0 Å². The molecular formula is C38H22N2S2. The number of rotatable bonds is 3. The van der Waals surface area contributed by atoms with E-state index in [9.17, 15) is 0 Å². The summed E-state index contributed by atoms with van der Waals surface area (Å²) in [6.07, 6.45) is 1.55. The predicted octanol–water partition coefficient (Wildman–Crippen LogP) is 11.4. The van der Waals surface area contributed by atoms with Gasteiger partial charge in [-0.2, -0.15) is 0 Å².